The Morgan fingerprint density at radius 2 is 1.79 bits per heavy atom. The minimum absolute atomic E-state index is 0.0472. The monoisotopic (exact) mass is 466 g/mol. The number of hydrogen-bond acceptors (Lipinski definition) is 4. The van der Waals surface area contributed by atoms with Crippen molar-refractivity contribution in [2.75, 3.05) is 20.1 Å². The Kier molecular flexibility index (Phi) is 6.67. The summed E-state index contributed by atoms with van der Waals surface area (Å²) >= 11 is 0. The van der Waals surface area contributed by atoms with Crippen LogP contribution >= 0.6 is 0 Å². The smallest absolute Gasteiger partial charge is 0.243 e. The van der Waals surface area contributed by atoms with Crippen LogP contribution in [0.15, 0.2) is 65.8 Å². The van der Waals surface area contributed by atoms with Gasteiger partial charge in [-0.15, -0.1) is 0 Å². The number of piperidine rings is 1. The van der Waals surface area contributed by atoms with E-state index in [0.717, 1.165) is 22.4 Å². The van der Waals surface area contributed by atoms with Crippen molar-refractivity contribution < 1.29 is 13.2 Å². The maximum Gasteiger partial charge on any atom is 0.243 e. The number of sulfonamides is 1. The number of para-hydroxylation sites is 1. The van der Waals surface area contributed by atoms with Crippen LogP contribution in [0.2, 0.25) is 0 Å². The van der Waals surface area contributed by atoms with Crippen molar-refractivity contribution in [2.45, 2.75) is 38.1 Å². The van der Waals surface area contributed by atoms with E-state index in [4.69, 9.17) is 0 Å². The molecule has 0 atom stereocenters. The molecule has 0 aliphatic carbocycles. The van der Waals surface area contributed by atoms with Gasteiger partial charge in [0.2, 0.25) is 15.9 Å². The lowest BCUT2D eigenvalue weighted by atomic mass is 9.96. The Bertz CT molecular complexity index is 1230. The largest absolute Gasteiger partial charge is 0.341 e. The standard InChI is InChI=1S/C25H30N4O3S/c1-19-9-10-24(20(2)15-19)33(31,32)28-13-11-22(12-14-28)25(30)27(3)17-21-16-26-29(18-21)23-7-5-4-6-8-23/h4-10,15-16,18,22H,11-14,17H2,1-3H3. The quantitative estimate of drug-likeness (QED) is 0.557. The molecule has 0 N–H and O–H groups in total. The molecule has 1 amide bonds. The fraction of sp³-hybridized carbons (Fsp3) is 0.360. The number of rotatable bonds is 6. The van der Waals surface area contributed by atoms with Crippen LogP contribution in [0, 0.1) is 19.8 Å². The van der Waals surface area contributed by atoms with Gasteiger partial charge in [0.15, 0.2) is 0 Å². The van der Waals surface area contributed by atoms with Crippen LogP contribution in [0.1, 0.15) is 29.5 Å². The molecule has 7 nitrogen and oxygen atoms in total. The summed E-state index contributed by atoms with van der Waals surface area (Å²) in [5, 5.41) is 4.39. The molecule has 0 unspecified atom stereocenters. The first-order valence-electron chi connectivity index (χ1n) is 11.2. The Balaban J connectivity index is 1.36. The van der Waals surface area contributed by atoms with Crippen molar-refractivity contribution in [1.29, 1.82) is 0 Å². The lowest BCUT2D eigenvalue weighted by molar-refractivity contribution is -0.135. The van der Waals surface area contributed by atoms with Crippen molar-refractivity contribution in [1.82, 2.24) is 19.0 Å². The highest BCUT2D eigenvalue weighted by Crippen LogP contribution is 2.27. The van der Waals surface area contributed by atoms with Crippen molar-refractivity contribution in [3.8, 4) is 5.69 Å². The third kappa shape index (κ3) is 5.02. The number of aryl methyl sites for hydroxylation is 2. The second kappa shape index (κ2) is 9.49. The molecule has 4 rings (SSSR count). The molecular weight excluding hydrogens is 436 g/mol. The van der Waals surface area contributed by atoms with Gasteiger partial charge in [-0.05, 0) is 50.5 Å². The fourth-order valence-corrected chi connectivity index (χ4v) is 6.07. The van der Waals surface area contributed by atoms with Gasteiger partial charge in [0.1, 0.15) is 0 Å². The van der Waals surface area contributed by atoms with Crippen LogP contribution in [-0.4, -0.2) is 53.4 Å². The maximum atomic E-state index is 13.1. The SMILES string of the molecule is Cc1ccc(S(=O)(=O)N2CCC(C(=O)N(C)Cc3cnn(-c4ccccc4)c3)CC2)c(C)c1. The molecule has 1 fully saturated rings. The maximum absolute atomic E-state index is 13.1. The molecular formula is C25H30N4O3S. The Labute approximate surface area is 195 Å². The molecule has 2 heterocycles. The molecule has 33 heavy (non-hydrogen) atoms. The lowest BCUT2D eigenvalue weighted by Gasteiger charge is -2.32. The molecule has 8 heteroatoms. The summed E-state index contributed by atoms with van der Waals surface area (Å²) in [7, 11) is -1.76. The van der Waals surface area contributed by atoms with Gasteiger partial charge in [0.25, 0.3) is 0 Å². The van der Waals surface area contributed by atoms with E-state index in [2.05, 4.69) is 5.10 Å². The van der Waals surface area contributed by atoms with E-state index in [1.807, 2.05) is 62.5 Å². The highest BCUT2D eigenvalue weighted by Gasteiger charge is 2.33. The lowest BCUT2D eigenvalue weighted by Crippen LogP contribution is -2.43. The van der Waals surface area contributed by atoms with Gasteiger partial charge < -0.3 is 4.90 Å². The first-order valence-corrected chi connectivity index (χ1v) is 12.6. The van der Waals surface area contributed by atoms with Gasteiger partial charge in [-0.25, -0.2) is 13.1 Å². The van der Waals surface area contributed by atoms with Gasteiger partial charge in [0.05, 0.1) is 16.8 Å². The summed E-state index contributed by atoms with van der Waals surface area (Å²) < 4.78 is 29.5. The molecule has 0 bridgehead atoms. The molecule has 174 valence electrons. The van der Waals surface area contributed by atoms with E-state index in [9.17, 15) is 13.2 Å². The topological polar surface area (TPSA) is 75.5 Å². The number of hydrogen-bond donors (Lipinski definition) is 0. The minimum Gasteiger partial charge on any atom is -0.341 e. The molecule has 3 aromatic rings. The number of carbonyl (C=O) groups excluding carboxylic acids is 1. The van der Waals surface area contributed by atoms with Crippen LogP contribution < -0.4 is 0 Å². The van der Waals surface area contributed by atoms with Gasteiger partial charge >= 0.3 is 0 Å². The average molecular weight is 467 g/mol. The van der Waals surface area contributed by atoms with Crippen LogP contribution in [0.3, 0.4) is 0 Å². The number of aromatic nitrogens is 2. The van der Waals surface area contributed by atoms with Crippen LogP contribution in [0.25, 0.3) is 5.69 Å². The summed E-state index contributed by atoms with van der Waals surface area (Å²) in [6, 6.07) is 15.2. The van der Waals surface area contributed by atoms with E-state index >= 15 is 0 Å². The summed E-state index contributed by atoms with van der Waals surface area (Å²) in [6.45, 7) is 4.94. The van der Waals surface area contributed by atoms with Gasteiger partial charge in [-0.2, -0.15) is 9.40 Å². The van der Waals surface area contributed by atoms with E-state index in [0.29, 0.717) is 37.4 Å². The van der Waals surface area contributed by atoms with E-state index in [1.54, 1.807) is 28.9 Å². The van der Waals surface area contributed by atoms with Crippen LogP contribution in [0.5, 0.6) is 0 Å². The van der Waals surface area contributed by atoms with Crippen LogP contribution in [-0.2, 0) is 21.4 Å². The number of carbonyl (C=O) groups is 1. The van der Waals surface area contributed by atoms with Crippen molar-refractivity contribution in [3.63, 3.8) is 0 Å². The molecule has 1 aliphatic rings. The zero-order chi connectivity index (χ0) is 23.6. The molecule has 2 aromatic carbocycles. The summed E-state index contributed by atoms with van der Waals surface area (Å²) in [5.74, 6) is -0.129. The molecule has 0 saturated carbocycles. The fourth-order valence-electron chi connectivity index (χ4n) is 4.40. The van der Waals surface area contributed by atoms with E-state index in [1.165, 1.54) is 4.31 Å². The third-order valence-electron chi connectivity index (χ3n) is 6.20. The highest BCUT2D eigenvalue weighted by molar-refractivity contribution is 7.89. The molecule has 1 aliphatic heterocycles. The first kappa shape index (κ1) is 23.2. The summed E-state index contributed by atoms with van der Waals surface area (Å²) in [6.07, 6.45) is 4.75. The van der Waals surface area contributed by atoms with Crippen molar-refractivity contribution >= 4 is 15.9 Å². The normalized spacial score (nSPS) is 15.5. The zero-order valence-electron chi connectivity index (χ0n) is 19.3. The summed E-state index contributed by atoms with van der Waals surface area (Å²) in [5.41, 5.74) is 3.71. The minimum atomic E-state index is -3.55. The number of benzene rings is 2. The number of amides is 1. The second-order valence-electron chi connectivity index (χ2n) is 8.77. The van der Waals surface area contributed by atoms with Gasteiger partial charge in [-0.3, -0.25) is 4.79 Å². The third-order valence-corrected chi connectivity index (χ3v) is 8.26. The zero-order valence-corrected chi connectivity index (χ0v) is 20.1. The molecule has 1 saturated heterocycles. The average Bonchev–Trinajstić information content (AvgIpc) is 3.27. The Morgan fingerprint density at radius 3 is 2.45 bits per heavy atom. The second-order valence-corrected chi connectivity index (χ2v) is 10.7. The van der Waals surface area contributed by atoms with Crippen LogP contribution in [0.4, 0.5) is 0 Å². The first-order chi connectivity index (χ1) is 15.8. The Hall–Kier alpha value is -2.97. The number of nitrogens with zero attached hydrogens (tertiary/aromatic N) is 4. The van der Waals surface area contributed by atoms with Gasteiger partial charge in [0, 0.05) is 44.4 Å². The Morgan fingerprint density at radius 1 is 1.09 bits per heavy atom. The van der Waals surface area contributed by atoms with E-state index in [-0.39, 0.29) is 11.8 Å². The predicted octanol–water partition coefficient (Wildman–Crippen LogP) is 3.55. The van der Waals surface area contributed by atoms with E-state index < -0.39 is 10.0 Å². The molecule has 1 aromatic heterocycles. The molecule has 0 spiro atoms. The summed E-state index contributed by atoms with van der Waals surface area (Å²) in [4.78, 5) is 15.1. The van der Waals surface area contributed by atoms with Crippen molar-refractivity contribution in [3.05, 3.63) is 77.6 Å². The van der Waals surface area contributed by atoms with Crippen molar-refractivity contribution in [2.24, 2.45) is 5.92 Å². The predicted molar refractivity (Wildman–Crippen MR) is 127 cm³/mol. The molecule has 0 radical (unpaired) electrons. The highest BCUT2D eigenvalue weighted by atomic mass is 32.2. The van der Waals surface area contributed by atoms with Gasteiger partial charge in [-0.1, -0.05) is 35.9 Å².